The van der Waals surface area contributed by atoms with E-state index in [1.54, 1.807) is 0 Å². The van der Waals surface area contributed by atoms with E-state index in [2.05, 4.69) is 4.74 Å². The molecule has 0 aromatic heterocycles. The van der Waals surface area contributed by atoms with Crippen molar-refractivity contribution in [2.75, 3.05) is 11.7 Å². The Balaban J connectivity index is 2.38. The molecule has 0 radical (unpaired) electrons. The Morgan fingerprint density at radius 2 is 1.88 bits per heavy atom. The van der Waals surface area contributed by atoms with Crippen molar-refractivity contribution in [3.05, 3.63) is 0 Å². The molecule has 1 saturated carbocycles. The van der Waals surface area contributed by atoms with Gasteiger partial charge in [-0.15, -0.1) is 0 Å². The molecule has 1 fully saturated rings. The van der Waals surface area contributed by atoms with Gasteiger partial charge in [-0.2, -0.15) is 0 Å². The van der Waals surface area contributed by atoms with Crippen molar-refractivity contribution in [3.8, 4) is 0 Å². The zero-order chi connectivity index (χ0) is 12.9. The van der Waals surface area contributed by atoms with Crippen molar-refractivity contribution in [2.24, 2.45) is 17.6 Å². The van der Waals surface area contributed by atoms with Gasteiger partial charge in [0, 0.05) is 5.92 Å². The zero-order valence-corrected chi connectivity index (χ0v) is 10.3. The van der Waals surface area contributed by atoms with Crippen molar-refractivity contribution in [1.82, 2.24) is 0 Å². The van der Waals surface area contributed by atoms with E-state index in [9.17, 15) is 18.0 Å². The molecule has 0 bridgehead atoms. The first-order valence-electron chi connectivity index (χ1n) is 5.51. The Morgan fingerprint density at radius 3 is 2.35 bits per heavy atom. The normalized spacial score (nSPS) is 25.2. The van der Waals surface area contributed by atoms with Crippen LogP contribution in [0, 0.1) is 11.8 Å². The lowest BCUT2D eigenvalue weighted by Crippen LogP contribution is -2.26. The Hall–Kier alpha value is -1.11. The van der Waals surface area contributed by atoms with Crippen LogP contribution in [0.5, 0.6) is 0 Å². The standard InChI is InChI=1S/C10H17NO5S/c11-10(13)16-7-17(14,15)6-9-3-1-8(5-12)2-4-9/h5,8-9H,1-4,6-7H2,(H2,11,13). The average Bonchev–Trinajstić information content (AvgIpc) is 2.27. The van der Waals surface area contributed by atoms with E-state index in [0.717, 1.165) is 32.0 Å². The van der Waals surface area contributed by atoms with E-state index in [0.29, 0.717) is 0 Å². The molecule has 6 nitrogen and oxygen atoms in total. The Kier molecular flexibility index (Phi) is 4.92. The number of sulfone groups is 1. The lowest BCUT2D eigenvalue weighted by atomic mass is 9.84. The second kappa shape index (κ2) is 6.00. The van der Waals surface area contributed by atoms with Crippen LogP contribution in [-0.2, 0) is 19.4 Å². The minimum atomic E-state index is -3.41. The maximum atomic E-state index is 11.6. The van der Waals surface area contributed by atoms with E-state index in [1.165, 1.54) is 0 Å². The van der Waals surface area contributed by atoms with E-state index >= 15 is 0 Å². The molecule has 2 N–H and O–H groups in total. The number of hydrogen-bond acceptors (Lipinski definition) is 5. The molecule has 1 aliphatic rings. The number of carbonyl (C=O) groups is 2. The smallest absolute Gasteiger partial charge is 0.405 e. The molecule has 1 rings (SSSR count). The molecule has 0 saturated heterocycles. The molecule has 0 atom stereocenters. The van der Waals surface area contributed by atoms with Gasteiger partial charge in [0.2, 0.25) is 0 Å². The van der Waals surface area contributed by atoms with Gasteiger partial charge >= 0.3 is 6.09 Å². The lowest BCUT2D eigenvalue weighted by molar-refractivity contribution is -0.112. The number of primary amides is 1. The van der Waals surface area contributed by atoms with Gasteiger partial charge in [-0.3, -0.25) is 0 Å². The van der Waals surface area contributed by atoms with Crippen LogP contribution in [0.4, 0.5) is 4.79 Å². The van der Waals surface area contributed by atoms with Gasteiger partial charge < -0.3 is 15.3 Å². The Morgan fingerprint density at radius 1 is 1.29 bits per heavy atom. The highest BCUT2D eigenvalue weighted by Gasteiger charge is 2.25. The SMILES string of the molecule is NC(=O)OCS(=O)(=O)CC1CCC(C=O)CC1. The fourth-order valence-corrected chi connectivity index (χ4v) is 3.49. The number of ether oxygens (including phenoxy) is 1. The summed E-state index contributed by atoms with van der Waals surface area (Å²) < 4.78 is 27.4. The van der Waals surface area contributed by atoms with Crippen molar-refractivity contribution in [1.29, 1.82) is 0 Å². The van der Waals surface area contributed by atoms with Gasteiger partial charge in [0.15, 0.2) is 15.8 Å². The van der Waals surface area contributed by atoms with E-state index in [1.807, 2.05) is 0 Å². The molecule has 17 heavy (non-hydrogen) atoms. The van der Waals surface area contributed by atoms with Gasteiger partial charge in [0.1, 0.15) is 6.29 Å². The number of carbonyl (C=O) groups excluding carboxylic acids is 2. The maximum absolute atomic E-state index is 11.6. The van der Waals surface area contributed by atoms with Crippen LogP contribution < -0.4 is 5.73 Å². The number of nitrogens with two attached hydrogens (primary N) is 1. The summed E-state index contributed by atoms with van der Waals surface area (Å²) in [5.74, 6) is -0.551. The summed E-state index contributed by atoms with van der Waals surface area (Å²) in [6.07, 6.45) is 2.76. The Bertz CT molecular complexity index is 370. The molecule has 0 spiro atoms. The monoisotopic (exact) mass is 263 g/mol. The van der Waals surface area contributed by atoms with E-state index in [4.69, 9.17) is 5.73 Å². The first kappa shape index (κ1) is 14.0. The fourth-order valence-electron chi connectivity index (χ4n) is 2.05. The van der Waals surface area contributed by atoms with Gasteiger partial charge in [-0.05, 0) is 31.6 Å². The zero-order valence-electron chi connectivity index (χ0n) is 9.50. The van der Waals surface area contributed by atoms with Crippen LogP contribution in [0.25, 0.3) is 0 Å². The average molecular weight is 263 g/mol. The number of aldehydes is 1. The number of hydrogen-bond donors (Lipinski definition) is 1. The van der Waals surface area contributed by atoms with Crippen molar-refractivity contribution < 1.29 is 22.7 Å². The van der Waals surface area contributed by atoms with E-state index < -0.39 is 21.9 Å². The highest BCUT2D eigenvalue weighted by Crippen LogP contribution is 2.28. The van der Waals surface area contributed by atoms with Crippen LogP contribution in [-0.4, -0.2) is 32.5 Å². The highest BCUT2D eigenvalue weighted by atomic mass is 32.2. The van der Waals surface area contributed by atoms with Crippen LogP contribution in [0.15, 0.2) is 0 Å². The van der Waals surface area contributed by atoms with Gasteiger partial charge in [0.25, 0.3) is 0 Å². The highest BCUT2D eigenvalue weighted by molar-refractivity contribution is 7.91. The third-order valence-electron chi connectivity index (χ3n) is 2.95. The molecule has 98 valence electrons. The molecular weight excluding hydrogens is 246 g/mol. The largest absolute Gasteiger partial charge is 0.433 e. The summed E-state index contributed by atoms with van der Waals surface area (Å²) in [5, 5.41) is 0. The predicted octanol–water partition coefficient (Wildman–Crippen LogP) is 0.459. The van der Waals surface area contributed by atoms with Gasteiger partial charge in [-0.1, -0.05) is 0 Å². The van der Waals surface area contributed by atoms with Crippen LogP contribution >= 0.6 is 0 Å². The topological polar surface area (TPSA) is 104 Å². The third kappa shape index (κ3) is 5.16. The van der Waals surface area contributed by atoms with Crippen molar-refractivity contribution in [2.45, 2.75) is 25.7 Å². The van der Waals surface area contributed by atoms with Crippen LogP contribution in [0.2, 0.25) is 0 Å². The van der Waals surface area contributed by atoms with Crippen molar-refractivity contribution in [3.63, 3.8) is 0 Å². The fraction of sp³-hybridized carbons (Fsp3) is 0.800. The molecule has 1 amide bonds. The third-order valence-corrected chi connectivity index (χ3v) is 4.41. The summed E-state index contributed by atoms with van der Waals surface area (Å²) in [6.45, 7) is 0. The molecular formula is C10H17NO5S. The minimum absolute atomic E-state index is 0.00808. The summed E-state index contributed by atoms with van der Waals surface area (Å²) in [5.41, 5.74) is 4.70. The molecule has 0 heterocycles. The molecule has 0 unspecified atom stereocenters. The number of amides is 1. The summed E-state index contributed by atoms with van der Waals surface area (Å²) >= 11 is 0. The quantitative estimate of drug-likeness (QED) is 0.726. The lowest BCUT2D eigenvalue weighted by Gasteiger charge is -2.24. The number of rotatable bonds is 5. The summed E-state index contributed by atoms with van der Waals surface area (Å²) in [4.78, 5) is 20.9. The van der Waals surface area contributed by atoms with Crippen molar-refractivity contribution >= 4 is 22.2 Å². The Labute approximate surface area is 100 Å². The van der Waals surface area contributed by atoms with Crippen LogP contribution in [0.3, 0.4) is 0 Å². The first-order chi connectivity index (χ1) is 7.93. The summed E-state index contributed by atoms with van der Waals surface area (Å²) in [7, 11) is -3.41. The van der Waals surface area contributed by atoms with E-state index in [-0.39, 0.29) is 17.6 Å². The molecule has 0 aromatic carbocycles. The second-order valence-electron chi connectivity index (χ2n) is 4.41. The van der Waals surface area contributed by atoms with Gasteiger partial charge in [-0.25, -0.2) is 13.2 Å². The van der Waals surface area contributed by atoms with Gasteiger partial charge in [0.05, 0.1) is 5.75 Å². The predicted molar refractivity (Wildman–Crippen MR) is 60.8 cm³/mol. The molecule has 0 aromatic rings. The van der Waals surface area contributed by atoms with Crippen LogP contribution in [0.1, 0.15) is 25.7 Å². The molecule has 0 aliphatic heterocycles. The minimum Gasteiger partial charge on any atom is -0.433 e. The molecule has 7 heteroatoms. The second-order valence-corrected chi connectivity index (χ2v) is 6.46. The summed E-state index contributed by atoms with van der Waals surface area (Å²) in [6, 6.07) is 0. The first-order valence-corrected chi connectivity index (χ1v) is 7.33. The molecule has 1 aliphatic carbocycles. The maximum Gasteiger partial charge on any atom is 0.405 e.